The van der Waals surface area contributed by atoms with Gasteiger partial charge in [0.05, 0.1) is 18.7 Å². The van der Waals surface area contributed by atoms with Crippen LogP contribution in [0.5, 0.6) is 0 Å². The Hall–Kier alpha value is -1.92. The minimum absolute atomic E-state index is 0.0151. The molecule has 154 valence electrons. The number of benzene rings is 1. The van der Waals surface area contributed by atoms with Gasteiger partial charge < -0.3 is 15.7 Å². The van der Waals surface area contributed by atoms with Gasteiger partial charge in [0.1, 0.15) is 0 Å². The van der Waals surface area contributed by atoms with E-state index < -0.39 is 6.10 Å². The fourth-order valence-electron chi connectivity index (χ4n) is 4.28. The predicted molar refractivity (Wildman–Crippen MR) is 109 cm³/mol. The molecule has 28 heavy (non-hydrogen) atoms. The molecule has 1 aliphatic carbocycles. The molecule has 2 amide bonds. The third-order valence-electron chi connectivity index (χ3n) is 5.90. The lowest BCUT2D eigenvalue weighted by Crippen LogP contribution is -2.51. The molecule has 1 saturated heterocycles. The molecule has 2 fully saturated rings. The molecular weight excluding hydrogens is 354 g/mol. The van der Waals surface area contributed by atoms with E-state index in [2.05, 4.69) is 21.6 Å². The summed E-state index contributed by atoms with van der Waals surface area (Å²) in [7, 11) is 0. The van der Waals surface area contributed by atoms with Crippen molar-refractivity contribution in [2.24, 2.45) is 5.92 Å². The number of aliphatic hydroxyl groups excluding tert-OH is 1. The Kier molecular flexibility index (Phi) is 7.45. The quantitative estimate of drug-likeness (QED) is 0.695. The summed E-state index contributed by atoms with van der Waals surface area (Å²) in [6.07, 6.45) is 4.59. The maximum Gasteiger partial charge on any atom is 0.234 e. The van der Waals surface area contributed by atoms with Crippen LogP contribution in [0.3, 0.4) is 0 Å². The van der Waals surface area contributed by atoms with E-state index in [1.165, 1.54) is 12.0 Å². The summed E-state index contributed by atoms with van der Waals surface area (Å²) >= 11 is 0. The Bertz CT molecular complexity index is 673. The average molecular weight is 388 g/mol. The molecule has 1 aliphatic heterocycles. The molecule has 1 saturated carbocycles. The normalized spacial score (nSPS) is 25.9. The number of likely N-dealkylation sites (tertiary alicyclic amines) is 1. The highest BCUT2D eigenvalue weighted by Gasteiger charge is 2.33. The second kappa shape index (κ2) is 10.0. The largest absolute Gasteiger partial charge is 0.391 e. The van der Waals surface area contributed by atoms with Crippen molar-refractivity contribution in [1.82, 2.24) is 15.5 Å². The molecule has 1 aromatic carbocycles. The zero-order valence-corrected chi connectivity index (χ0v) is 16.8. The molecule has 3 atom stereocenters. The van der Waals surface area contributed by atoms with Crippen molar-refractivity contribution in [2.45, 2.75) is 64.1 Å². The van der Waals surface area contributed by atoms with E-state index >= 15 is 0 Å². The average Bonchev–Trinajstić information content (AvgIpc) is 2.68. The fraction of sp³-hybridized carbons (Fsp3) is 0.636. The summed E-state index contributed by atoms with van der Waals surface area (Å²) in [5, 5.41) is 16.4. The van der Waals surface area contributed by atoms with Crippen molar-refractivity contribution in [1.29, 1.82) is 0 Å². The maximum absolute atomic E-state index is 12.5. The number of hydrogen-bond acceptors (Lipinski definition) is 4. The lowest BCUT2D eigenvalue weighted by Gasteiger charge is -2.34. The molecule has 3 rings (SSSR count). The van der Waals surface area contributed by atoms with Crippen molar-refractivity contribution >= 4 is 11.8 Å². The number of carbonyl (C=O) groups excluding carboxylic acids is 2. The minimum Gasteiger partial charge on any atom is -0.391 e. The van der Waals surface area contributed by atoms with Crippen molar-refractivity contribution in [3.63, 3.8) is 0 Å². The monoisotopic (exact) mass is 387 g/mol. The maximum atomic E-state index is 12.5. The van der Waals surface area contributed by atoms with Crippen LogP contribution in [0.1, 0.15) is 49.7 Å². The van der Waals surface area contributed by atoms with Gasteiger partial charge in [-0.1, -0.05) is 36.2 Å². The Morgan fingerprint density at radius 1 is 1.18 bits per heavy atom. The lowest BCUT2D eigenvalue weighted by atomic mass is 9.83. The van der Waals surface area contributed by atoms with Crippen LogP contribution in [-0.4, -0.2) is 53.6 Å². The van der Waals surface area contributed by atoms with Gasteiger partial charge in [0, 0.05) is 12.5 Å². The summed E-state index contributed by atoms with van der Waals surface area (Å²) in [4.78, 5) is 26.9. The number of nitrogens with zero attached hydrogens (tertiary/aromatic N) is 1. The van der Waals surface area contributed by atoms with Gasteiger partial charge >= 0.3 is 0 Å². The number of aryl methyl sites for hydroxylation is 1. The number of amides is 2. The van der Waals surface area contributed by atoms with E-state index in [0.717, 1.165) is 31.5 Å². The third kappa shape index (κ3) is 6.04. The Morgan fingerprint density at radius 3 is 2.68 bits per heavy atom. The van der Waals surface area contributed by atoms with Crippen molar-refractivity contribution in [3.05, 3.63) is 35.4 Å². The molecule has 2 aliphatic rings. The van der Waals surface area contributed by atoms with Crippen LogP contribution in [0.2, 0.25) is 0 Å². The van der Waals surface area contributed by atoms with E-state index in [1.54, 1.807) is 0 Å². The number of piperidine rings is 1. The molecule has 3 N–H and O–H groups in total. The molecule has 0 radical (unpaired) electrons. The zero-order valence-electron chi connectivity index (χ0n) is 16.8. The number of carbonyl (C=O) groups is 2. The second-order valence-electron chi connectivity index (χ2n) is 8.29. The summed E-state index contributed by atoms with van der Waals surface area (Å²) < 4.78 is 0. The highest BCUT2D eigenvalue weighted by Crippen LogP contribution is 2.25. The van der Waals surface area contributed by atoms with Gasteiger partial charge in [-0.2, -0.15) is 0 Å². The minimum atomic E-state index is -0.672. The molecule has 0 bridgehead atoms. The number of nitrogens with one attached hydrogen (secondary N) is 2. The molecule has 0 aromatic heterocycles. The SMILES string of the molecule is Cc1cccc(CNC(=O)[C@H]2CC[C@H](NC(=O)CN3CCCCC3)[C@@H](O)C2)c1. The molecule has 1 aromatic rings. The van der Waals surface area contributed by atoms with Crippen LogP contribution in [-0.2, 0) is 16.1 Å². The second-order valence-corrected chi connectivity index (χ2v) is 8.29. The van der Waals surface area contributed by atoms with Gasteiger partial charge in [0.2, 0.25) is 11.8 Å². The highest BCUT2D eigenvalue weighted by atomic mass is 16.3. The van der Waals surface area contributed by atoms with Gasteiger partial charge in [-0.3, -0.25) is 14.5 Å². The summed E-state index contributed by atoms with van der Waals surface area (Å²) in [5.74, 6) is -0.234. The Labute approximate surface area is 167 Å². The highest BCUT2D eigenvalue weighted by molar-refractivity contribution is 5.79. The smallest absolute Gasteiger partial charge is 0.234 e. The van der Waals surface area contributed by atoms with Gasteiger partial charge in [-0.15, -0.1) is 0 Å². The standard InChI is InChI=1S/C22H33N3O3/c1-16-6-5-7-17(12-16)14-23-22(28)18-8-9-19(20(26)13-18)24-21(27)15-25-10-3-2-4-11-25/h5-7,12,18-20,26H,2-4,8-11,13-15H2,1H3,(H,23,28)(H,24,27)/t18-,19-,20-/m0/s1. The van der Waals surface area contributed by atoms with Crippen molar-refractivity contribution in [2.75, 3.05) is 19.6 Å². The topological polar surface area (TPSA) is 81.7 Å². The van der Waals surface area contributed by atoms with Crippen molar-refractivity contribution in [3.8, 4) is 0 Å². The van der Waals surface area contributed by atoms with Gasteiger partial charge in [0.25, 0.3) is 0 Å². The molecular formula is C22H33N3O3. The Morgan fingerprint density at radius 2 is 1.96 bits per heavy atom. The fourth-order valence-corrected chi connectivity index (χ4v) is 4.28. The number of hydrogen-bond donors (Lipinski definition) is 3. The first kappa shape index (κ1) is 20.8. The van der Waals surface area contributed by atoms with Crippen LogP contribution < -0.4 is 10.6 Å². The molecule has 6 heteroatoms. The van der Waals surface area contributed by atoms with E-state index in [0.29, 0.717) is 32.4 Å². The third-order valence-corrected chi connectivity index (χ3v) is 5.90. The van der Waals surface area contributed by atoms with Crippen LogP contribution >= 0.6 is 0 Å². The molecule has 0 spiro atoms. The number of aliphatic hydroxyl groups is 1. The van der Waals surface area contributed by atoms with Gasteiger partial charge in [0.15, 0.2) is 0 Å². The van der Waals surface area contributed by atoms with Crippen molar-refractivity contribution < 1.29 is 14.7 Å². The molecule has 6 nitrogen and oxygen atoms in total. The molecule has 0 unspecified atom stereocenters. The predicted octanol–water partition coefficient (Wildman–Crippen LogP) is 1.74. The zero-order chi connectivity index (χ0) is 19.9. The first-order valence-electron chi connectivity index (χ1n) is 10.5. The summed E-state index contributed by atoms with van der Waals surface area (Å²) in [5.41, 5.74) is 2.25. The summed E-state index contributed by atoms with van der Waals surface area (Å²) in [6.45, 7) is 4.89. The van der Waals surface area contributed by atoms with Crippen LogP contribution in [0, 0.1) is 12.8 Å². The van der Waals surface area contributed by atoms with Gasteiger partial charge in [-0.05, 0) is 57.7 Å². The first-order chi connectivity index (χ1) is 13.5. The first-order valence-corrected chi connectivity index (χ1v) is 10.5. The summed E-state index contributed by atoms with van der Waals surface area (Å²) in [6, 6.07) is 7.82. The van der Waals surface area contributed by atoms with Crippen LogP contribution in [0.15, 0.2) is 24.3 Å². The lowest BCUT2D eigenvalue weighted by molar-refractivity contribution is -0.128. The van der Waals surface area contributed by atoms with Gasteiger partial charge in [-0.25, -0.2) is 0 Å². The Balaban J connectivity index is 1.41. The van der Waals surface area contributed by atoms with E-state index in [1.807, 2.05) is 25.1 Å². The number of rotatable bonds is 6. The van der Waals surface area contributed by atoms with Crippen LogP contribution in [0.4, 0.5) is 0 Å². The van der Waals surface area contributed by atoms with E-state index in [9.17, 15) is 14.7 Å². The van der Waals surface area contributed by atoms with E-state index in [-0.39, 0.29) is 23.8 Å². The van der Waals surface area contributed by atoms with Crippen LogP contribution in [0.25, 0.3) is 0 Å². The molecule has 1 heterocycles. The van der Waals surface area contributed by atoms with E-state index in [4.69, 9.17) is 0 Å².